The van der Waals surface area contributed by atoms with Gasteiger partial charge < -0.3 is 20.1 Å². The van der Waals surface area contributed by atoms with Crippen molar-refractivity contribution in [2.24, 2.45) is 0 Å². The third kappa shape index (κ3) is 4.31. The molecule has 2 heterocycles. The number of rotatable bonds is 5. The van der Waals surface area contributed by atoms with Crippen LogP contribution in [0.3, 0.4) is 0 Å². The zero-order chi connectivity index (χ0) is 20.3. The third-order valence-electron chi connectivity index (χ3n) is 4.52. The zero-order valence-corrected chi connectivity index (χ0v) is 15.4. The van der Waals surface area contributed by atoms with Crippen LogP contribution in [0.4, 0.5) is 20.6 Å². The summed E-state index contributed by atoms with van der Waals surface area (Å²) in [5.41, 5.74) is 3.50. The summed E-state index contributed by atoms with van der Waals surface area (Å²) in [5.74, 6) is -1.18. The molecule has 0 aromatic heterocycles. The largest absolute Gasteiger partial charge is 0.442 e. The fourth-order valence-corrected chi connectivity index (χ4v) is 3.07. The normalized spacial score (nSPS) is 19.6. The molecular formula is C17H22FN5O5. The maximum absolute atomic E-state index is 14.7. The summed E-state index contributed by atoms with van der Waals surface area (Å²) >= 11 is 0. The summed E-state index contributed by atoms with van der Waals surface area (Å²) in [6.07, 6.45) is -1.10. The molecule has 2 saturated heterocycles. The summed E-state index contributed by atoms with van der Waals surface area (Å²) < 4.78 is 19.8. The van der Waals surface area contributed by atoms with Crippen molar-refractivity contribution in [2.75, 3.05) is 49.3 Å². The zero-order valence-electron chi connectivity index (χ0n) is 15.4. The van der Waals surface area contributed by atoms with Gasteiger partial charge in [0.15, 0.2) is 0 Å². The first-order valence-corrected chi connectivity index (χ1v) is 8.81. The van der Waals surface area contributed by atoms with E-state index in [0.717, 1.165) is 0 Å². The van der Waals surface area contributed by atoms with Crippen LogP contribution in [-0.2, 0) is 14.3 Å². The summed E-state index contributed by atoms with van der Waals surface area (Å²) in [4.78, 5) is 37.5. The molecule has 2 fully saturated rings. The number of halogens is 1. The highest BCUT2D eigenvalue weighted by molar-refractivity contribution is 5.90. The molecule has 28 heavy (non-hydrogen) atoms. The van der Waals surface area contributed by atoms with Crippen molar-refractivity contribution in [1.29, 1.82) is 0 Å². The Morgan fingerprint density at radius 3 is 2.79 bits per heavy atom. The second-order valence-electron chi connectivity index (χ2n) is 6.47. The molecule has 0 radical (unpaired) electrons. The van der Waals surface area contributed by atoms with Crippen LogP contribution in [0.25, 0.3) is 0 Å². The molecule has 0 aliphatic carbocycles. The van der Waals surface area contributed by atoms with Crippen molar-refractivity contribution in [1.82, 2.24) is 15.8 Å². The maximum atomic E-state index is 14.7. The molecule has 1 atom stereocenters. The van der Waals surface area contributed by atoms with E-state index in [1.54, 1.807) is 17.0 Å². The van der Waals surface area contributed by atoms with Crippen LogP contribution in [0, 0.1) is 5.82 Å². The van der Waals surface area contributed by atoms with Gasteiger partial charge >= 0.3 is 6.09 Å². The molecule has 2 aliphatic heterocycles. The van der Waals surface area contributed by atoms with E-state index in [0.29, 0.717) is 24.5 Å². The lowest BCUT2D eigenvalue weighted by Gasteiger charge is -2.36. The van der Waals surface area contributed by atoms with E-state index < -0.39 is 30.5 Å². The Kier molecular flexibility index (Phi) is 5.95. The van der Waals surface area contributed by atoms with Crippen LogP contribution < -0.4 is 20.5 Å². The number of cyclic esters (lactones) is 1. The van der Waals surface area contributed by atoms with E-state index in [1.807, 2.05) is 0 Å². The average Bonchev–Trinajstić information content (AvgIpc) is 3.06. The van der Waals surface area contributed by atoms with Crippen molar-refractivity contribution < 1.29 is 28.6 Å². The molecule has 0 saturated carbocycles. The minimum absolute atomic E-state index is 0.195. The lowest BCUT2D eigenvalue weighted by Crippen LogP contribution is -2.57. The predicted molar refractivity (Wildman–Crippen MR) is 96.8 cm³/mol. The Bertz CT molecular complexity index is 768. The first kappa shape index (κ1) is 19.8. The number of aliphatic hydroxyl groups excluding tert-OH is 1. The number of hydrogen-bond acceptors (Lipinski definition) is 7. The molecule has 1 aromatic rings. The number of aliphatic hydroxyl groups is 1. The minimum atomic E-state index is -0.597. The summed E-state index contributed by atoms with van der Waals surface area (Å²) in [6, 6.07) is 4.43. The quantitative estimate of drug-likeness (QED) is 0.609. The Labute approximate surface area is 160 Å². The lowest BCUT2D eigenvalue weighted by atomic mass is 10.2. The van der Waals surface area contributed by atoms with Gasteiger partial charge in [0.2, 0.25) is 5.91 Å². The molecule has 2 aliphatic rings. The standard InChI is InChI=1S/C17H22FN5O5/c1-11(25)19-7-13-8-22(17(27)28-13)12-2-3-15(14(18)6-12)21-4-5-23(20-10-21)16(26)9-24/h2-3,6,13,20,24H,4-5,7-10H2,1H3,(H,19,25)/t13-/m0/s1. The summed E-state index contributed by atoms with van der Waals surface area (Å²) in [6.45, 7) is 2.07. The molecule has 11 heteroatoms. The first-order valence-electron chi connectivity index (χ1n) is 8.81. The number of carbonyl (C=O) groups is 3. The van der Waals surface area contributed by atoms with E-state index in [9.17, 15) is 18.8 Å². The van der Waals surface area contributed by atoms with E-state index in [-0.39, 0.29) is 25.7 Å². The summed E-state index contributed by atoms with van der Waals surface area (Å²) in [7, 11) is 0. The lowest BCUT2D eigenvalue weighted by molar-refractivity contribution is -0.138. The second-order valence-corrected chi connectivity index (χ2v) is 6.47. The van der Waals surface area contributed by atoms with Crippen LogP contribution in [0.2, 0.25) is 0 Å². The van der Waals surface area contributed by atoms with Gasteiger partial charge in [-0.15, -0.1) is 0 Å². The molecule has 0 bridgehead atoms. The first-order chi connectivity index (χ1) is 13.4. The Hall–Kier alpha value is -2.92. The number of anilines is 2. The number of nitrogens with zero attached hydrogens (tertiary/aromatic N) is 3. The van der Waals surface area contributed by atoms with Crippen molar-refractivity contribution in [3.05, 3.63) is 24.0 Å². The van der Waals surface area contributed by atoms with E-state index in [2.05, 4.69) is 10.7 Å². The number of ether oxygens (including phenoxy) is 1. The molecular weight excluding hydrogens is 373 g/mol. The molecule has 10 nitrogen and oxygen atoms in total. The smallest absolute Gasteiger partial charge is 0.414 e. The number of benzene rings is 1. The van der Waals surface area contributed by atoms with Gasteiger partial charge in [-0.25, -0.2) is 14.6 Å². The Morgan fingerprint density at radius 1 is 1.39 bits per heavy atom. The minimum Gasteiger partial charge on any atom is -0.442 e. The number of nitrogens with one attached hydrogen (secondary N) is 2. The van der Waals surface area contributed by atoms with E-state index in [1.165, 1.54) is 22.9 Å². The molecule has 152 valence electrons. The summed E-state index contributed by atoms with van der Waals surface area (Å²) in [5, 5.41) is 12.8. The molecule has 0 unspecified atom stereocenters. The fraction of sp³-hybridized carbons (Fsp3) is 0.471. The SMILES string of the molecule is CC(=O)NC[C@H]1CN(c2ccc(N3CCN(C(=O)CO)NC3)c(F)c2)C(=O)O1. The van der Waals surface area contributed by atoms with Gasteiger partial charge in [0.1, 0.15) is 18.5 Å². The van der Waals surface area contributed by atoms with Crippen LogP contribution in [0.5, 0.6) is 0 Å². The monoisotopic (exact) mass is 395 g/mol. The number of amides is 3. The number of carbonyl (C=O) groups excluding carboxylic acids is 3. The van der Waals surface area contributed by atoms with Crippen molar-refractivity contribution in [3.8, 4) is 0 Å². The number of hydrogen-bond donors (Lipinski definition) is 3. The van der Waals surface area contributed by atoms with Gasteiger partial charge in [-0.1, -0.05) is 0 Å². The van der Waals surface area contributed by atoms with Gasteiger partial charge in [0.25, 0.3) is 5.91 Å². The highest BCUT2D eigenvalue weighted by Gasteiger charge is 2.33. The van der Waals surface area contributed by atoms with Gasteiger partial charge in [-0.05, 0) is 18.2 Å². The van der Waals surface area contributed by atoms with Gasteiger partial charge in [-0.2, -0.15) is 0 Å². The highest BCUT2D eigenvalue weighted by atomic mass is 19.1. The van der Waals surface area contributed by atoms with Gasteiger partial charge in [0, 0.05) is 13.5 Å². The highest BCUT2D eigenvalue weighted by Crippen LogP contribution is 2.28. The average molecular weight is 395 g/mol. The molecule has 0 spiro atoms. The Morgan fingerprint density at radius 2 is 2.18 bits per heavy atom. The molecule has 3 N–H and O–H groups in total. The van der Waals surface area contributed by atoms with E-state index >= 15 is 0 Å². The van der Waals surface area contributed by atoms with Crippen molar-refractivity contribution in [3.63, 3.8) is 0 Å². The van der Waals surface area contributed by atoms with Crippen LogP contribution in [0.15, 0.2) is 18.2 Å². The predicted octanol–water partition coefficient (Wildman–Crippen LogP) is -0.610. The molecule has 1 aromatic carbocycles. The van der Waals surface area contributed by atoms with Crippen molar-refractivity contribution >= 4 is 29.3 Å². The van der Waals surface area contributed by atoms with Crippen LogP contribution >= 0.6 is 0 Å². The topological polar surface area (TPSA) is 114 Å². The number of hydrazine groups is 1. The van der Waals surface area contributed by atoms with Gasteiger partial charge in [-0.3, -0.25) is 19.5 Å². The van der Waals surface area contributed by atoms with Gasteiger partial charge in [0.05, 0.1) is 37.7 Å². The maximum Gasteiger partial charge on any atom is 0.414 e. The molecule has 3 rings (SSSR count). The van der Waals surface area contributed by atoms with E-state index in [4.69, 9.17) is 9.84 Å². The van der Waals surface area contributed by atoms with Crippen LogP contribution in [0.1, 0.15) is 6.92 Å². The fourth-order valence-electron chi connectivity index (χ4n) is 3.07. The van der Waals surface area contributed by atoms with Crippen molar-refractivity contribution in [2.45, 2.75) is 13.0 Å². The Balaban J connectivity index is 1.64. The second kappa shape index (κ2) is 8.40. The third-order valence-corrected chi connectivity index (χ3v) is 4.52. The molecule has 3 amide bonds. The van der Waals surface area contributed by atoms with Crippen LogP contribution in [-0.4, -0.2) is 73.6 Å².